The Bertz CT molecular complexity index is 276. The van der Waals surface area contributed by atoms with Gasteiger partial charge in [0, 0.05) is 11.8 Å². The van der Waals surface area contributed by atoms with Crippen LogP contribution >= 0.6 is 0 Å². The molecule has 0 aromatic carbocycles. The standard InChI is InChI=1S/C11H17NO/c1-9-6-5-7-12-10(9)13-8-11(2,3)4/h5-7H,8H2,1-4H3. The second-order valence-electron chi connectivity index (χ2n) is 4.47. The topological polar surface area (TPSA) is 22.1 Å². The van der Waals surface area contributed by atoms with Gasteiger partial charge in [0.15, 0.2) is 0 Å². The molecule has 0 spiro atoms. The van der Waals surface area contributed by atoms with Crippen LogP contribution in [0.4, 0.5) is 0 Å². The van der Waals surface area contributed by atoms with E-state index in [-0.39, 0.29) is 5.41 Å². The van der Waals surface area contributed by atoms with Gasteiger partial charge in [-0.3, -0.25) is 0 Å². The van der Waals surface area contributed by atoms with Gasteiger partial charge in [0.1, 0.15) is 0 Å². The predicted molar refractivity (Wildman–Crippen MR) is 53.9 cm³/mol. The molecule has 0 atom stereocenters. The SMILES string of the molecule is Cc1cccnc1OCC(C)(C)C. The first-order valence-corrected chi connectivity index (χ1v) is 4.53. The van der Waals surface area contributed by atoms with Crippen molar-refractivity contribution in [2.24, 2.45) is 5.41 Å². The Balaban J connectivity index is 2.60. The highest BCUT2D eigenvalue weighted by atomic mass is 16.5. The molecule has 0 saturated heterocycles. The average molecular weight is 179 g/mol. The largest absolute Gasteiger partial charge is 0.477 e. The van der Waals surface area contributed by atoms with Gasteiger partial charge >= 0.3 is 0 Å². The number of pyridine rings is 1. The van der Waals surface area contributed by atoms with Gasteiger partial charge in [-0.15, -0.1) is 0 Å². The van der Waals surface area contributed by atoms with Crippen molar-refractivity contribution in [3.8, 4) is 5.88 Å². The van der Waals surface area contributed by atoms with Gasteiger partial charge in [0.05, 0.1) is 6.61 Å². The van der Waals surface area contributed by atoms with Crippen LogP contribution in [0, 0.1) is 12.3 Å². The van der Waals surface area contributed by atoms with Gasteiger partial charge in [-0.05, 0) is 18.4 Å². The number of ether oxygens (including phenoxy) is 1. The minimum atomic E-state index is 0.184. The number of aryl methyl sites for hydroxylation is 1. The maximum Gasteiger partial charge on any atom is 0.216 e. The molecule has 0 aliphatic carbocycles. The first-order valence-electron chi connectivity index (χ1n) is 4.53. The Labute approximate surface area is 80.0 Å². The smallest absolute Gasteiger partial charge is 0.216 e. The molecule has 1 aromatic rings. The molecule has 1 heterocycles. The van der Waals surface area contributed by atoms with Gasteiger partial charge in [0.2, 0.25) is 5.88 Å². The molecule has 1 rings (SSSR count). The highest BCUT2D eigenvalue weighted by Crippen LogP contribution is 2.18. The third-order valence-corrected chi connectivity index (χ3v) is 1.60. The predicted octanol–water partition coefficient (Wildman–Crippen LogP) is 2.81. The van der Waals surface area contributed by atoms with Crippen molar-refractivity contribution in [2.75, 3.05) is 6.61 Å². The number of hydrogen-bond acceptors (Lipinski definition) is 2. The van der Waals surface area contributed by atoms with Crippen LogP contribution in [0.5, 0.6) is 5.88 Å². The first kappa shape index (κ1) is 10.0. The second kappa shape index (κ2) is 3.77. The van der Waals surface area contributed by atoms with Gasteiger partial charge in [0.25, 0.3) is 0 Å². The van der Waals surface area contributed by atoms with Crippen molar-refractivity contribution in [3.63, 3.8) is 0 Å². The monoisotopic (exact) mass is 179 g/mol. The van der Waals surface area contributed by atoms with Crippen LogP contribution in [0.2, 0.25) is 0 Å². The molecule has 13 heavy (non-hydrogen) atoms. The summed E-state index contributed by atoms with van der Waals surface area (Å²) in [5.41, 5.74) is 1.27. The summed E-state index contributed by atoms with van der Waals surface area (Å²) in [6, 6.07) is 3.92. The Morgan fingerprint density at radius 1 is 1.38 bits per heavy atom. The van der Waals surface area contributed by atoms with Crippen LogP contribution in [0.3, 0.4) is 0 Å². The zero-order chi connectivity index (χ0) is 9.90. The van der Waals surface area contributed by atoms with E-state index in [1.807, 2.05) is 19.1 Å². The minimum absolute atomic E-state index is 0.184. The Morgan fingerprint density at radius 3 is 2.62 bits per heavy atom. The molecule has 0 aliphatic rings. The third-order valence-electron chi connectivity index (χ3n) is 1.60. The summed E-state index contributed by atoms with van der Waals surface area (Å²) in [7, 11) is 0. The van der Waals surface area contributed by atoms with Crippen LogP contribution < -0.4 is 4.74 Å². The molecule has 72 valence electrons. The van der Waals surface area contributed by atoms with Gasteiger partial charge in [-0.1, -0.05) is 26.8 Å². The normalized spacial score (nSPS) is 11.4. The van der Waals surface area contributed by atoms with Crippen LogP contribution in [-0.2, 0) is 0 Å². The molecular weight excluding hydrogens is 162 g/mol. The van der Waals surface area contributed by atoms with E-state index in [0.29, 0.717) is 6.61 Å². The Kier molecular flexibility index (Phi) is 2.91. The first-order chi connectivity index (χ1) is 5.99. The van der Waals surface area contributed by atoms with E-state index >= 15 is 0 Å². The summed E-state index contributed by atoms with van der Waals surface area (Å²) in [6.07, 6.45) is 1.75. The van der Waals surface area contributed by atoms with Crippen LogP contribution in [0.1, 0.15) is 26.3 Å². The second-order valence-corrected chi connectivity index (χ2v) is 4.47. The summed E-state index contributed by atoms with van der Waals surface area (Å²) in [5.74, 6) is 0.748. The lowest BCUT2D eigenvalue weighted by molar-refractivity contribution is 0.190. The molecule has 0 aliphatic heterocycles. The lowest BCUT2D eigenvalue weighted by atomic mass is 9.99. The summed E-state index contributed by atoms with van der Waals surface area (Å²) in [5, 5.41) is 0. The maximum absolute atomic E-state index is 5.59. The number of hydrogen-bond donors (Lipinski definition) is 0. The number of aromatic nitrogens is 1. The molecule has 0 fully saturated rings. The molecule has 0 saturated carbocycles. The summed E-state index contributed by atoms with van der Waals surface area (Å²) in [6.45, 7) is 9.14. The van der Waals surface area contributed by atoms with Crippen molar-refractivity contribution in [1.29, 1.82) is 0 Å². The summed E-state index contributed by atoms with van der Waals surface area (Å²) < 4.78 is 5.59. The van der Waals surface area contributed by atoms with E-state index in [1.165, 1.54) is 0 Å². The van der Waals surface area contributed by atoms with E-state index in [2.05, 4.69) is 25.8 Å². The van der Waals surface area contributed by atoms with Crippen molar-refractivity contribution >= 4 is 0 Å². The van der Waals surface area contributed by atoms with E-state index in [9.17, 15) is 0 Å². The molecule has 0 amide bonds. The minimum Gasteiger partial charge on any atom is -0.477 e. The van der Waals surface area contributed by atoms with Crippen LogP contribution in [0.25, 0.3) is 0 Å². The molecule has 0 radical (unpaired) electrons. The molecule has 0 unspecified atom stereocenters. The lowest BCUT2D eigenvalue weighted by Gasteiger charge is -2.18. The van der Waals surface area contributed by atoms with E-state index < -0.39 is 0 Å². The van der Waals surface area contributed by atoms with Crippen molar-refractivity contribution in [2.45, 2.75) is 27.7 Å². The molecule has 1 aromatic heterocycles. The van der Waals surface area contributed by atoms with Crippen molar-refractivity contribution in [1.82, 2.24) is 4.98 Å². The summed E-state index contributed by atoms with van der Waals surface area (Å²) >= 11 is 0. The highest BCUT2D eigenvalue weighted by molar-refractivity contribution is 5.23. The number of nitrogens with zero attached hydrogens (tertiary/aromatic N) is 1. The summed E-state index contributed by atoms with van der Waals surface area (Å²) in [4.78, 5) is 4.16. The van der Waals surface area contributed by atoms with Gasteiger partial charge in [-0.2, -0.15) is 0 Å². The van der Waals surface area contributed by atoms with Crippen molar-refractivity contribution < 1.29 is 4.74 Å². The fourth-order valence-corrected chi connectivity index (χ4v) is 0.907. The average Bonchev–Trinajstić information content (AvgIpc) is 2.01. The highest BCUT2D eigenvalue weighted by Gasteiger charge is 2.11. The molecule has 0 N–H and O–H groups in total. The zero-order valence-corrected chi connectivity index (χ0v) is 8.79. The van der Waals surface area contributed by atoms with Crippen LogP contribution in [-0.4, -0.2) is 11.6 Å². The molecule has 2 nitrogen and oxygen atoms in total. The van der Waals surface area contributed by atoms with Gasteiger partial charge in [-0.25, -0.2) is 4.98 Å². The van der Waals surface area contributed by atoms with Gasteiger partial charge < -0.3 is 4.74 Å². The molecule has 0 bridgehead atoms. The maximum atomic E-state index is 5.59. The zero-order valence-electron chi connectivity index (χ0n) is 8.79. The quantitative estimate of drug-likeness (QED) is 0.696. The van der Waals surface area contributed by atoms with Crippen LogP contribution in [0.15, 0.2) is 18.3 Å². The lowest BCUT2D eigenvalue weighted by Crippen LogP contribution is -2.17. The molecular formula is C11H17NO. The number of rotatable bonds is 2. The third kappa shape index (κ3) is 3.45. The fourth-order valence-electron chi connectivity index (χ4n) is 0.907. The molecule has 2 heteroatoms. The van der Waals surface area contributed by atoms with E-state index in [0.717, 1.165) is 11.4 Å². The fraction of sp³-hybridized carbons (Fsp3) is 0.545. The van der Waals surface area contributed by atoms with E-state index in [4.69, 9.17) is 4.74 Å². The van der Waals surface area contributed by atoms with E-state index in [1.54, 1.807) is 6.20 Å². The Hall–Kier alpha value is -1.05. The Morgan fingerprint density at radius 2 is 2.08 bits per heavy atom. The van der Waals surface area contributed by atoms with Crippen molar-refractivity contribution in [3.05, 3.63) is 23.9 Å².